The summed E-state index contributed by atoms with van der Waals surface area (Å²) in [7, 11) is 1.64. The van der Waals surface area contributed by atoms with Crippen molar-refractivity contribution in [1.29, 1.82) is 0 Å². The number of thiophene rings is 1. The van der Waals surface area contributed by atoms with Gasteiger partial charge in [-0.05, 0) is 62.2 Å². The van der Waals surface area contributed by atoms with Crippen LogP contribution in [0.5, 0.6) is 5.75 Å². The van der Waals surface area contributed by atoms with Crippen molar-refractivity contribution in [3.05, 3.63) is 87.9 Å². The fraction of sp³-hybridized carbons (Fsp3) is 0.240. The third-order valence-corrected chi connectivity index (χ3v) is 6.34. The minimum atomic E-state index is -0.315. The number of methoxy groups -OCH3 is 1. The average Bonchev–Trinajstić information content (AvgIpc) is 3.47. The Morgan fingerprint density at radius 3 is 2.58 bits per heavy atom. The van der Waals surface area contributed by atoms with Crippen LogP contribution in [-0.2, 0) is 6.42 Å². The molecule has 4 aromatic rings. The number of anilines is 2. The number of nitrogens with one attached hydrogen (secondary N) is 2. The molecule has 3 aromatic heterocycles. The van der Waals surface area contributed by atoms with Gasteiger partial charge >= 0.3 is 0 Å². The average molecular weight is 463 g/mol. The summed E-state index contributed by atoms with van der Waals surface area (Å²) in [5, 5.41) is 7.26. The van der Waals surface area contributed by atoms with E-state index >= 15 is 0 Å². The van der Waals surface area contributed by atoms with Crippen LogP contribution in [0.3, 0.4) is 0 Å². The zero-order valence-electron chi connectivity index (χ0n) is 19.0. The van der Waals surface area contributed by atoms with Gasteiger partial charge < -0.3 is 19.8 Å². The van der Waals surface area contributed by atoms with Crippen molar-refractivity contribution in [2.24, 2.45) is 0 Å². The highest BCUT2D eigenvalue weighted by Gasteiger charge is 2.24. The van der Waals surface area contributed by atoms with Crippen molar-refractivity contribution >= 4 is 28.2 Å². The molecule has 3 heterocycles. The van der Waals surface area contributed by atoms with E-state index in [4.69, 9.17) is 9.15 Å². The molecule has 0 aliphatic rings. The minimum Gasteiger partial charge on any atom is -0.497 e. The molecule has 1 amide bonds. The number of nitrogens with zero attached hydrogens (tertiary/aromatic N) is 2. The maximum Gasteiger partial charge on any atom is 0.291 e. The quantitative estimate of drug-likeness (QED) is 0.345. The van der Waals surface area contributed by atoms with E-state index in [0.29, 0.717) is 5.95 Å². The van der Waals surface area contributed by atoms with Crippen LogP contribution >= 0.6 is 11.3 Å². The Balaban J connectivity index is 1.79. The van der Waals surface area contributed by atoms with Gasteiger partial charge in [-0.1, -0.05) is 19.1 Å². The SMILES string of the molecule is CCc1cc([C@@H](Nc2nc(C)cc(C)n2)c2cccc(OC)c2)c(NC(=O)c2ccco2)s1. The molecule has 0 bridgehead atoms. The predicted octanol–water partition coefficient (Wildman–Crippen LogP) is 5.77. The molecular formula is C25H26N4O3S. The molecule has 0 saturated heterocycles. The Hall–Kier alpha value is -3.65. The van der Waals surface area contributed by atoms with Crippen LogP contribution in [-0.4, -0.2) is 23.0 Å². The van der Waals surface area contributed by atoms with Crippen molar-refractivity contribution in [3.8, 4) is 5.75 Å². The van der Waals surface area contributed by atoms with Crippen molar-refractivity contribution in [2.45, 2.75) is 33.2 Å². The molecule has 7 nitrogen and oxygen atoms in total. The van der Waals surface area contributed by atoms with Crippen LogP contribution in [0.1, 0.15) is 50.9 Å². The number of carbonyl (C=O) groups is 1. The number of amides is 1. The summed E-state index contributed by atoms with van der Waals surface area (Å²) in [6.45, 7) is 5.97. The maximum atomic E-state index is 12.8. The van der Waals surface area contributed by atoms with Gasteiger partial charge in [-0.15, -0.1) is 11.3 Å². The van der Waals surface area contributed by atoms with E-state index in [1.165, 1.54) is 6.26 Å². The van der Waals surface area contributed by atoms with Gasteiger partial charge in [0, 0.05) is 21.8 Å². The van der Waals surface area contributed by atoms with E-state index in [9.17, 15) is 4.79 Å². The highest BCUT2D eigenvalue weighted by molar-refractivity contribution is 7.16. The van der Waals surface area contributed by atoms with Crippen LogP contribution in [0.2, 0.25) is 0 Å². The number of rotatable bonds is 8. The van der Waals surface area contributed by atoms with Gasteiger partial charge in [0.15, 0.2) is 5.76 Å². The largest absolute Gasteiger partial charge is 0.497 e. The molecule has 0 saturated carbocycles. The van der Waals surface area contributed by atoms with E-state index in [1.54, 1.807) is 30.6 Å². The second-order valence-corrected chi connectivity index (χ2v) is 8.75. The minimum absolute atomic E-state index is 0.260. The number of aryl methyl sites for hydroxylation is 3. The molecule has 0 spiro atoms. The molecule has 0 unspecified atom stereocenters. The van der Waals surface area contributed by atoms with Gasteiger partial charge in [-0.3, -0.25) is 4.79 Å². The van der Waals surface area contributed by atoms with Gasteiger partial charge in [0.05, 0.1) is 19.4 Å². The molecule has 8 heteroatoms. The van der Waals surface area contributed by atoms with Crippen LogP contribution in [0.25, 0.3) is 0 Å². The first-order valence-corrected chi connectivity index (χ1v) is 11.5. The highest BCUT2D eigenvalue weighted by atomic mass is 32.1. The number of furan rings is 1. The fourth-order valence-corrected chi connectivity index (χ4v) is 4.63. The standard InChI is InChI=1S/C25H26N4O3S/c1-5-19-14-20(24(33-19)29-23(30)21-10-7-11-32-21)22(17-8-6-9-18(13-17)31-4)28-25-26-15(2)12-16(3)27-25/h6-14,22H,5H2,1-4H3,(H,29,30)(H,26,27,28)/t22-/m0/s1. The number of hydrogen-bond donors (Lipinski definition) is 2. The summed E-state index contributed by atoms with van der Waals surface area (Å²) in [6, 6.07) is 14.9. The first-order chi connectivity index (χ1) is 16.0. The van der Waals surface area contributed by atoms with Gasteiger partial charge in [-0.25, -0.2) is 9.97 Å². The monoisotopic (exact) mass is 462 g/mol. The molecular weight excluding hydrogens is 436 g/mol. The lowest BCUT2D eigenvalue weighted by molar-refractivity contribution is 0.0997. The summed E-state index contributed by atoms with van der Waals surface area (Å²) in [6.07, 6.45) is 2.33. The number of hydrogen-bond acceptors (Lipinski definition) is 7. The number of benzene rings is 1. The molecule has 170 valence electrons. The predicted molar refractivity (Wildman–Crippen MR) is 130 cm³/mol. The molecule has 1 aromatic carbocycles. The van der Waals surface area contributed by atoms with Crippen LogP contribution in [0, 0.1) is 13.8 Å². The van der Waals surface area contributed by atoms with Gasteiger partial charge in [0.25, 0.3) is 5.91 Å². The Kier molecular flexibility index (Phi) is 6.74. The lowest BCUT2D eigenvalue weighted by Gasteiger charge is -2.21. The third-order valence-electron chi connectivity index (χ3n) is 5.13. The number of ether oxygens (including phenoxy) is 1. The zero-order valence-corrected chi connectivity index (χ0v) is 19.8. The van der Waals surface area contributed by atoms with Crippen molar-refractivity contribution in [2.75, 3.05) is 17.7 Å². The molecule has 1 atom stereocenters. The Morgan fingerprint density at radius 1 is 1.12 bits per heavy atom. The second kappa shape index (κ2) is 9.87. The summed E-state index contributed by atoms with van der Waals surface area (Å²) in [5.74, 6) is 1.23. The molecule has 0 fully saturated rings. The summed E-state index contributed by atoms with van der Waals surface area (Å²) < 4.78 is 10.7. The van der Waals surface area contributed by atoms with Crippen molar-refractivity contribution in [3.63, 3.8) is 0 Å². The topological polar surface area (TPSA) is 89.3 Å². The zero-order chi connectivity index (χ0) is 23.4. The third kappa shape index (κ3) is 5.23. The van der Waals surface area contributed by atoms with Crippen LogP contribution < -0.4 is 15.4 Å². The fourth-order valence-electron chi connectivity index (χ4n) is 3.60. The molecule has 2 N–H and O–H groups in total. The Labute approximate surface area is 196 Å². The van der Waals surface area contributed by atoms with E-state index in [0.717, 1.165) is 44.6 Å². The summed E-state index contributed by atoms with van der Waals surface area (Å²) in [5.41, 5.74) is 3.64. The molecule has 0 aliphatic heterocycles. The lowest BCUT2D eigenvalue weighted by Crippen LogP contribution is -2.18. The number of aromatic nitrogens is 2. The molecule has 33 heavy (non-hydrogen) atoms. The smallest absolute Gasteiger partial charge is 0.291 e. The highest BCUT2D eigenvalue weighted by Crippen LogP contribution is 2.38. The van der Waals surface area contributed by atoms with Crippen LogP contribution in [0.15, 0.2) is 59.2 Å². The maximum absolute atomic E-state index is 12.8. The lowest BCUT2D eigenvalue weighted by atomic mass is 9.99. The van der Waals surface area contributed by atoms with Gasteiger partial charge in [0.2, 0.25) is 5.95 Å². The van der Waals surface area contributed by atoms with Gasteiger partial charge in [-0.2, -0.15) is 0 Å². The first kappa shape index (κ1) is 22.5. The van der Waals surface area contributed by atoms with E-state index in [-0.39, 0.29) is 17.7 Å². The Bertz CT molecular complexity index is 1230. The Morgan fingerprint density at radius 2 is 1.91 bits per heavy atom. The molecule has 0 radical (unpaired) electrons. The molecule has 0 aliphatic carbocycles. The molecule has 4 rings (SSSR count). The first-order valence-electron chi connectivity index (χ1n) is 10.7. The second-order valence-electron chi connectivity index (χ2n) is 7.61. The van der Waals surface area contributed by atoms with E-state index in [2.05, 4.69) is 33.6 Å². The van der Waals surface area contributed by atoms with Crippen LogP contribution in [0.4, 0.5) is 10.9 Å². The van der Waals surface area contributed by atoms with Crippen molar-refractivity contribution < 1.29 is 13.9 Å². The van der Waals surface area contributed by atoms with Crippen molar-refractivity contribution in [1.82, 2.24) is 9.97 Å². The van der Waals surface area contributed by atoms with E-state index < -0.39 is 0 Å². The summed E-state index contributed by atoms with van der Waals surface area (Å²) in [4.78, 5) is 23.1. The normalized spacial score (nSPS) is 11.8. The van der Waals surface area contributed by atoms with Gasteiger partial charge in [0.1, 0.15) is 10.8 Å². The number of carbonyl (C=O) groups excluding carboxylic acids is 1. The van der Waals surface area contributed by atoms with E-state index in [1.807, 2.05) is 44.2 Å². The summed E-state index contributed by atoms with van der Waals surface area (Å²) >= 11 is 1.55.